The molecule has 23 heavy (non-hydrogen) atoms. The van der Waals surface area contributed by atoms with Crippen LogP contribution in [-0.4, -0.2) is 32.1 Å². The second kappa shape index (κ2) is 6.28. The Labute approximate surface area is 133 Å². The zero-order chi connectivity index (χ0) is 17.2. The van der Waals surface area contributed by atoms with Gasteiger partial charge in [-0.2, -0.15) is 0 Å². The molecular formula is C16H21N3O4. The summed E-state index contributed by atoms with van der Waals surface area (Å²) in [5, 5.41) is 11.8. The first-order valence-corrected chi connectivity index (χ1v) is 7.43. The number of aliphatic carboxylic acids is 1. The summed E-state index contributed by atoms with van der Waals surface area (Å²) in [5.74, 6) is -1.44. The number of aromatic amines is 1. The van der Waals surface area contributed by atoms with Gasteiger partial charge in [-0.3, -0.25) is 14.2 Å². The molecule has 3 N–H and O–H groups in total. The first-order valence-electron chi connectivity index (χ1n) is 7.43. The van der Waals surface area contributed by atoms with E-state index in [0.29, 0.717) is 11.0 Å². The quantitative estimate of drug-likeness (QED) is 0.747. The number of rotatable bonds is 6. The molecule has 0 aliphatic rings. The van der Waals surface area contributed by atoms with Gasteiger partial charge in [-0.25, -0.2) is 4.79 Å². The number of hydrogen-bond donors (Lipinski definition) is 3. The molecule has 0 fully saturated rings. The first-order chi connectivity index (χ1) is 10.7. The average Bonchev–Trinajstić information content (AvgIpc) is 2.74. The van der Waals surface area contributed by atoms with Gasteiger partial charge in [-0.15, -0.1) is 0 Å². The number of H-pyrrole nitrogens is 1. The number of fused-ring (bicyclic) bond motifs is 1. The predicted molar refractivity (Wildman–Crippen MR) is 86.2 cm³/mol. The number of nitrogens with zero attached hydrogens (tertiary/aromatic N) is 1. The molecule has 0 bridgehead atoms. The van der Waals surface area contributed by atoms with Gasteiger partial charge in [0.25, 0.3) is 0 Å². The highest BCUT2D eigenvalue weighted by Crippen LogP contribution is 2.21. The smallest absolute Gasteiger partial charge is 0.326 e. The SMILES string of the molecule is CC(C)C(C)(CC(=O)O)NC(=O)Cn1c(=O)[nH]c2ccccc21. The fourth-order valence-corrected chi connectivity index (χ4v) is 2.47. The second-order valence-electron chi connectivity index (χ2n) is 6.22. The van der Waals surface area contributed by atoms with Crippen LogP contribution >= 0.6 is 0 Å². The van der Waals surface area contributed by atoms with E-state index in [1.54, 1.807) is 31.2 Å². The molecule has 7 heteroatoms. The summed E-state index contributed by atoms with van der Waals surface area (Å²) < 4.78 is 1.34. The number of hydrogen-bond acceptors (Lipinski definition) is 3. The van der Waals surface area contributed by atoms with Gasteiger partial charge in [-0.05, 0) is 25.0 Å². The zero-order valence-corrected chi connectivity index (χ0v) is 13.4. The Hall–Kier alpha value is -2.57. The van der Waals surface area contributed by atoms with Gasteiger partial charge in [0.15, 0.2) is 0 Å². The molecule has 0 aliphatic heterocycles. The van der Waals surface area contributed by atoms with E-state index in [2.05, 4.69) is 10.3 Å². The molecule has 1 amide bonds. The Morgan fingerprint density at radius 3 is 2.61 bits per heavy atom. The normalized spacial score (nSPS) is 13.9. The van der Waals surface area contributed by atoms with Crippen molar-refractivity contribution in [2.24, 2.45) is 5.92 Å². The highest BCUT2D eigenvalue weighted by Gasteiger charge is 2.33. The molecular weight excluding hydrogens is 298 g/mol. The number of benzene rings is 1. The van der Waals surface area contributed by atoms with Gasteiger partial charge < -0.3 is 15.4 Å². The van der Waals surface area contributed by atoms with Crippen LogP contribution < -0.4 is 11.0 Å². The summed E-state index contributed by atoms with van der Waals surface area (Å²) in [4.78, 5) is 38.0. The number of carboxylic acids is 1. The van der Waals surface area contributed by atoms with Crippen molar-refractivity contribution in [3.8, 4) is 0 Å². The first kappa shape index (κ1) is 16.8. The van der Waals surface area contributed by atoms with Gasteiger partial charge in [-0.1, -0.05) is 26.0 Å². The predicted octanol–water partition coefficient (Wildman–Crippen LogP) is 1.34. The Morgan fingerprint density at radius 1 is 1.35 bits per heavy atom. The Kier molecular flexibility index (Phi) is 4.58. The van der Waals surface area contributed by atoms with E-state index in [0.717, 1.165) is 0 Å². The lowest BCUT2D eigenvalue weighted by Gasteiger charge is -2.33. The molecule has 0 aliphatic carbocycles. The minimum Gasteiger partial charge on any atom is -0.481 e. The van der Waals surface area contributed by atoms with Gasteiger partial charge in [0, 0.05) is 0 Å². The third-order valence-corrected chi connectivity index (χ3v) is 4.20. The number of para-hydroxylation sites is 2. The topological polar surface area (TPSA) is 104 Å². The molecule has 2 rings (SSSR count). The van der Waals surface area contributed by atoms with Crippen molar-refractivity contribution >= 4 is 22.9 Å². The maximum absolute atomic E-state index is 12.3. The van der Waals surface area contributed by atoms with Crippen LogP contribution in [0.15, 0.2) is 29.1 Å². The number of amides is 1. The molecule has 1 aromatic carbocycles. The summed E-state index contributed by atoms with van der Waals surface area (Å²) in [6.07, 6.45) is -0.181. The van der Waals surface area contributed by atoms with Crippen LogP contribution in [0.25, 0.3) is 11.0 Å². The molecule has 1 heterocycles. The molecule has 0 radical (unpaired) electrons. The maximum atomic E-state index is 12.3. The van der Waals surface area contributed by atoms with E-state index in [-0.39, 0.29) is 24.6 Å². The molecule has 7 nitrogen and oxygen atoms in total. The van der Waals surface area contributed by atoms with Crippen LogP contribution in [0.5, 0.6) is 0 Å². The van der Waals surface area contributed by atoms with Crippen LogP contribution in [0.2, 0.25) is 0 Å². The van der Waals surface area contributed by atoms with E-state index in [1.165, 1.54) is 4.57 Å². The second-order valence-corrected chi connectivity index (χ2v) is 6.22. The summed E-state index contributed by atoms with van der Waals surface area (Å²) in [6.45, 7) is 5.23. The molecule has 0 saturated carbocycles. The summed E-state index contributed by atoms with van der Waals surface area (Å²) >= 11 is 0. The summed E-state index contributed by atoms with van der Waals surface area (Å²) in [7, 11) is 0. The highest BCUT2D eigenvalue weighted by molar-refractivity contribution is 5.81. The van der Waals surface area contributed by atoms with Crippen LogP contribution in [0.4, 0.5) is 0 Å². The minimum absolute atomic E-state index is 0.0674. The van der Waals surface area contributed by atoms with Crippen LogP contribution in [0.1, 0.15) is 27.2 Å². The van der Waals surface area contributed by atoms with Gasteiger partial charge in [0.2, 0.25) is 5.91 Å². The van der Waals surface area contributed by atoms with Crippen molar-refractivity contribution in [3.05, 3.63) is 34.7 Å². The van der Waals surface area contributed by atoms with Gasteiger partial charge >= 0.3 is 11.7 Å². The lowest BCUT2D eigenvalue weighted by atomic mass is 9.85. The lowest BCUT2D eigenvalue weighted by molar-refractivity contribution is -0.139. The zero-order valence-electron chi connectivity index (χ0n) is 13.4. The summed E-state index contributed by atoms with van der Waals surface area (Å²) in [5.41, 5.74) is 0.0453. The molecule has 0 spiro atoms. The number of nitrogens with one attached hydrogen (secondary N) is 2. The number of carboxylic acid groups (broad SMARTS) is 1. The average molecular weight is 319 g/mol. The van der Waals surface area contributed by atoms with E-state index >= 15 is 0 Å². The molecule has 1 unspecified atom stereocenters. The molecule has 0 saturated heterocycles. The minimum atomic E-state index is -0.981. The number of aromatic nitrogens is 2. The Morgan fingerprint density at radius 2 is 2.00 bits per heavy atom. The number of carbonyl (C=O) groups excluding carboxylic acids is 1. The Balaban J connectivity index is 2.22. The van der Waals surface area contributed by atoms with Crippen LogP contribution in [-0.2, 0) is 16.1 Å². The van der Waals surface area contributed by atoms with Gasteiger partial charge in [0.1, 0.15) is 6.54 Å². The molecule has 1 atom stereocenters. The third kappa shape index (κ3) is 3.61. The van der Waals surface area contributed by atoms with Crippen molar-refractivity contribution < 1.29 is 14.7 Å². The van der Waals surface area contributed by atoms with E-state index in [1.807, 2.05) is 13.8 Å². The van der Waals surface area contributed by atoms with Crippen molar-refractivity contribution in [1.82, 2.24) is 14.9 Å². The molecule has 124 valence electrons. The fourth-order valence-electron chi connectivity index (χ4n) is 2.47. The molecule has 1 aromatic heterocycles. The largest absolute Gasteiger partial charge is 0.481 e. The van der Waals surface area contributed by atoms with E-state index in [9.17, 15) is 14.4 Å². The number of carbonyl (C=O) groups is 2. The van der Waals surface area contributed by atoms with Crippen LogP contribution in [0, 0.1) is 5.92 Å². The monoisotopic (exact) mass is 319 g/mol. The fraction of sp³-hybridized carbons (Fsp3) is 0.438. The lowest BCUT2D eigenvalue weighted by Crippen LogP contribution is -2.52. The number of imidazole rings is 1. The Bertz CT molecular complexity index is 790. The van der Waals surface area contributed by atoms with Crippen molar-refractivity contribution in [1.29, 1.82) is 0 Å². The third-order valence-electron chi connectivity index (χ3n) is 4.20. The van der Waals surface area contributed by atoms with E-state index < -0.39 is 17.4 Å². The summed E-state index contributed by atoms with van der Waals surface area (Å²) in [6, 6.07) is 7.09. The standard InChI is InChI=1S/C16H21N3O4/c1-10(2)16(3,8-14(21)22)18-13(20)9-19-12-7-5-4-6-11(12)17-15(19)23/h4-7,10H,8-9H2,1-3H3,(H,17,23)(H,18,20)(H,21,22). The van der Waals surface area contributed by atoms with E-state index in [4.69, 9.17) is 5.11 Å². The molecule has 2 aromatic rings. The highest BCUT2D eigenvalue weighted by atomic mass is 16.4. The maximum Gasteiger partial charge on any atom is 0.326 e. The van der Waals surface area contributed by atoms with Crippen LogP contribution in [0.3, 0.4) is 0 Å². The van der Waals surface area contributed by atoms with Crippen molar-refractivity contribution in [2.45, 2.75) is 39.3 Å². The van der Waals surface area contributed by atoms with Crippen molar-refractivity contribution in [3.63, 3.8) is 0 Å². The van der Waals surface area contributed by atoms with Gasteiger partial charge in [0.05, 0.1) is 23.0 Å². The van der Waals surface area contributed by atoms with Crippen molar-refractivity contribution in [2.75, 3.05) is 0 Å².